The number of rotatable bonds is 3. The standard InChI is InChI=1S/C17H22FN5O2/c1-11-3-4-13(12(18)9-11)19-15(24)10-14-16(25)21-17(20-14)23-7-5-22(2)6-8-23/h3-4,9,14H,5-8,10H2,1-2H3,(H,19,24)(H,20,21,25). The highest BCUT2D eigenvalue weighted by atomic mass is 19.1. The van der Waals surface area contributed by atoms with Gasteiger partial charge in [-0.05, 0) is 31.7 Å². The molecule has 0 aliphatic carbocycles. The minimum Gasteiger partial charge on any atom is -0.340 e. The van der Waals surface area contributed by atoms with Crippen LogP contribution in [0.15, 0.2) is 23.2 Å². The molecule has 3 rings (SSSR count). The number of carbonyl (C=O) groups is 2. The van der Waals surface area contributed by atoms with Crippen LogP contribution in [0.25, 0.3) is 0 Å². The van der Waals surface area contributed by atoms with Gasteiger partial charge in [0.2, 0.25) is 11.9 Å². The Bertz CT molecular complexity index is 713. The van der Waals surface area contributed by atoms with Crippen LogP contribution >= 0.6 is 0 Å². The maximum atomic E-state index is 13.8. The number of aliphatic imine (C=N–C) groups is 1. The molecule has 1 fully saturated rings. The molecule has 8 heteroatoms. The van der Waals surface area contributed by atoms with Crippen molar-refractivity contribution in [3.8, 4) is 0 Å². The Morgan fingerprint density at radius 3 is 2.76 bits per heavy atom. The van der Waals surface area contributed by atoms with Gasteiger partial charge in [0.05, 0.1) is 12.1 Å². The fraction of sp³-hybridized carbons (Fsp3) is 0.471. The van der Waals surface area contributed by atoms with Gasteiger partial charge in [-0.15, -0.1) is 0 Å². The maximum absolute atomic E-state index is 13.8. The molecule has 1 unspecified atom stereocenters. The number of hydrogen-bond donors (Lipinski definition) is 2. The van der Waals surface area contributed by atoms with E-state index in [-0.39, 0.29) is 18.0 Å². The van der Waals surface area contributed by atoms with E-state index < -0.39 is 17.8 Å². The van der Waals surface area contributed by atoms with Crippen LogP contribution in [0.4, 0.5) is 10.1 Å². The number of benzene rings is 1. The first kappa shape index (κ1) is 17.3. The van der Waals surface area contributed by atoms with Gasteiger partial charge >= 0.3 is 0 Å². The number of anilines is 1. The topological polar surface area (TPSA) is 77.0 Å². The Kier molecular flexibility index (Phi) is 4.98. The fourth-order valence-electron chi connectivity index (χ4n) is 2.85. The summed E-state index contributed by atoms with van der Waals surface area (Å²) in [6, 6.07) is 3.80. The van der Waals surface area contributed by atoms with Crippen molar-refractivity contribution in [2.24, 2.45) is 4.99 Å². The van der Waals surface area contributed by atoms with E-state index in [2.05, 4.69) is 20.5 Å². The van der Waals surface area contributed by atoms with E-state index in [1.807, 2.05) is 11.9 Å². The van der Waals surface area contributed by atoms with E-state index in [1.165, 1.54) is 12.1 Å². The molecule has 1 aromatic rings. The minimum atomic E-state index is -0.775. The maximum Gasteiger partial charge on any atom is 0.252 e. The highest BCUT2D eigenvalue weighted by molar-refractivity contribution is 6.07. The van der Waals surface area contributed by atoms with Gasteiger partial charge in [-0.3, -0.25) is 14.9 Å². The Morgan fingerprint density at radius 1 is 1.36 bits per heavy atom. The minimum absolute atomic E-state index is 0.109. The molecule has 134 valence electrons. The number of carbonyl (C=O) groups excluding carboxylic acids is 2. The second kappa shape index (κ2) is 7.18. The van der Waals surface area contributed by atoms with Crippen LogP contribution in [0.1, 0.15) is 12.0 Å². The summed E-state index contributed by atoms with van der Waals surface area (Å²) in [4.78, 5) is 32.8. The van der Waals surface area contributed by atoms with Crippen molar-refractivity contribution >= 4 is 23.5 Å². The number of likely N-dealkylation sites (N-methyl/N-ethyl adjacent to an activating group) is 1. The third-order valence-corrected chi connectivity index (χ3v) is 4.40. The number of nitrogens with one attached hydrogen (secondary N) is 2. The molecule has 1 aromatic carbocycles. The summed E-state index contributed by atoms with van der Waals surface area (Å²) >= 11 is 0. The van der Waals surface area contributed by atoms with Gasteiger partial charge in [0.25, 0.3) is 5.91 Å². The SMILES string of the molecule is Cc1ccc(NC(=O)CC2N=C(N3CCN(C)CC3)NC2=O)c(F)c1. The molecule has 1 atom stereocenters. The van der Waals surface area contributed by atoms with E-state index >= 15 is 0 Å². The number of aryl methyl sites for hydroxylation is 1. The molecule has 2 N–H and O–H groups in total. The van der Waals surface area contributed by atoms with E-state index in [0.29, 0.717) is 5.96 Å². The monoisotopic (exact) mass is 347 g/mol. The molecular formula is C17H22FN5O2. The fourth-order valence-corrected chi connectivity index (χ4v) is 2.85. The molecule has 1 saturated heterocycles. The number of amides is 2. The van der Waals surface area contributed by atoms with Crippen molar-refractivity contribution in [1.29, 1.82) is 0 Å². The first-order valence-electron chi connectivity index (χ1n) is 8.30. The summed E-state index contributed by atoms with van der Waals surface area (Å²) in [5.41, 5.74) is 0.879. The van der Waals surface area contributed by atoms with Crippen LogP contribution in [0, 0.1) is 12.7 Å². The quantitative estimate of drug-likeness (QED) is 0.838. The highest BCUT2D eigenvalue weighted by Crippen LogP contribution is 2.17. The zero-order chi connectivity index (χ0) is 18.0. The van der Waals surface area contributed by atoms with Crippen molar-refractivity contribution in [3.63, 3.8) is 0 Å². The van der Waals surface area contributed by atoms with Crippen LogP contribution in [0.3, 0.4) is 0 Å². The molecular weight excluding hydrogens is 325 g/mol. The number of nitrogens with zero attached hydrogens (tertiary/aromatic N) is 3. The second-order valence-electron chi connectivity index (χ2n) is 6.48. The van der Waals surface area contributed by atoms with Crippen LogP contribution in [-0.4, -0.2) is 66.8 Å². The lowest BCUT2D eigenvalue weighted by molar-refractivity contribution is -0.124. The number of piperazine rings is 1. The summed E-state index contributed by atoms with van der Waals surface area (Å²) in [5.74, 6) is -0.706. The molecule has 2 aliphatic rings. The van der Waals surface area contributed by atoms with Crippen LogP contribution in [-0.2, 0) is 9.59 Å². The first-order valence-corrected chi connectivity index (χ1v) is 8.30. The summed E-state index contributed by atoms with van der Waals surface area (Å²) in [6.07, 6.45) is -0.115. The number of hydrogen-bond acceptors (Lipinski definition) is 5. The van der Waals surface area contributed by atoms with E-state index in [9.17, 15) is 14.0 Å². The Morgan fingerprint density at radius 2 is 2.08 bits per heavy atom. The summed E-state index contributed by atoms with van der Waals surface area (Å²) in [7, 11) is 2.05. The zero-order valence-electron chi connectivity index (χ0n) is 14.4. The van der Waals surface area contributed by atoms with Crippen molar-refractivity contribution < 1.29 is 14.0 Å². The molecule has 0 spiro atoms. The Balaban J connectivity index is 1.60. The molecule has 0 radical (unpaired) electrons. The molecule has 2 heterocycles. The number of halogens is 1. The average Bonchev–Trinajstić information content (AvgIpc) is 2.91. The van der Waals surface area contributed by atoms with Gasteiger partial charge in [0, 0.05) is 26.2 Å². The average molecular weight is 347 g/mol. The molecule has 2 amide bonds. The van der Waals surface area contributed by atoms with Crippen molar-refractivity contribution in [1.82, 2.24) is 15.1 Å². The Hall–Kier alpha value is -2.48. The summed E-state index contributed by atoms with van der Waals surface area (Å²) in [5, 5.41) is 5.24. The number of guanidine groups is 1. The molecule has 0 saturated carbocycles. The Labute approximate surface area is 145 Å². The van der Waals surface area contributed by atoms with Crippen molar-refractivity contribution in [2.45, 2.75) is 19.4 Å². The van der Waals surface area contributed by atoms with Gasteiger partial charge < -0.3 is 15.1 Å². The molecule has 2 aliphatic heterocycles. The van der Waals surface area contributed by atoms with Gasteiger partial charge in [0.15, 0.2) is 0 Å². The van der Waals surface area contributed by atoms with E-state index in [4.69, 9.17) is 0 Å². The first-order chi connectivity index (χ1) is 11.9. The predicted octanol–water partition coefficient (Wildman–Crippen LogP) is 0.565. The second-order valence-corrected chi connectivity index (χ2v) is 6.48. The third kappa shape index (κ3) is 4.14. The molecule has 7 nitrogen and oxygen atoms in total. The van der Waals surface area contributed by atoms with Crippen molar-refractivity contribution in [3.05, 3.63) is 29.6 Å². The largest absolute Gasteiger partial charge is 0.340 e. The molecule has 25 heavy (non-hydrogen) atoms. The van der Waals surface area contributed by atoms with Gasteiger partial charge in [0.1, 0.15) is 11.9 Å². The summed E-state index contributed by atoms with van der Waals surface area (Å²) in [6.45, 7) is 5.12. The normalized spacial score (nSPS) is 21.1. The smallest absolute Gasteiger partial charge is 0.252 e. The lowest BCUT2D eigenvalue weighted by Gasteiger charge is -2.33. The van der Waals surface area contributed by atoms with Crippen molar-refractivity contribution in [2.75, 3.05) is 38.5 Å². The lowest BCUT2D eigenvalue weighted by atomic mass is 10.2. The zero-order valence-corrected chi connectivity index (χ0v) is 14.4. The van der Waals surface area contributed by atoms with Crippen LogP contribution in [0.5, 0.6) is 0 Å². The molecule has 0 bridgehead atoms. The van der Waals surface area contributed by atoms with Crippen LogP contribution in [0.2, 0.25) is 0 Å². The van der Waals surface area contributed by atoms with Crippen LogP contribution < -0.4 is 10.6 Å². The van der Waals surface area contributed by atoms with E-state index in [0.717, 1.165) is 31.7 Å². The third-order valence-electron chi connectivity index (χ3n) is 4.40. The van der Waals surface area contributed by atoms with Gasteiger partial charge in [-0.1, -0.05) is 6.07 Å². The van der Waals surface area contributed by atoms with E-state index in [1.54, 1.807) is 13.0 Å². The predicted molar refractivity (Wildman–Crippen MR) is 92.8 cm³/mol. The lowest BCUT2D eigenvalue weighted by Crippen LogP contribution is -2.50. The highest BCUT2D eigenvalue weighted by Gasteiger charge is 2.32. The van der Waals surface area contributed by atoms with Gasteiger partial charge in [-0.25, -0.2) is 9.38 Å². The molecule has 0 aromatic heterocycles. The summed E-state index contributed by atoms with van der Waals surface area (Å²) < 4.78 is 13.8. The van der Waals surface area contributed by atoms with Gasteiger partial charge in [-0.2, -0.15) is 0 Å².